The molecule has 0 spiro atoms. The van der Waals surface area contributed by atoms with E-state index in [0.29, 0.717) is 5.02 Å². The minimum absolute atomic E-state index is 0.510. The first-order valence-electron chi connectivity index (χ1n) is 3.90. The molecule has 2 unspecified atom stereocenters. The van der Waals surface area contributed by atoms with Gasteiger partial charge in [0.15, 0.2) is 6.23 Å². The Morgan fingerprint density at radius 3 is 2.71 bits per heavy atom. The van der Waals surface area contributed by atoms with Crippen LogP contribution in [-0.4, -0.2) is 19.1 Å². The summed E-state index contributed by atoms with van der Waals surface area (Å²) >= 11 is 5.76. The molecule has 0 N–H and O–H groups in total. The van der Waals surface area contributed by atoms with Gasteiger partial charge >= 0.3 is 0 Å². The molecule has 0 amide bonds. The maximum absolute atomic E-state index is 11.0. The Hall–Kier alpha value is -0.620. The van der Waals surface area contributed by atoms with Crippen LogP contribution < -0.4 is 0 Å². The van der Waals surface area contributed by atoms with Crippen molar-refractivity contribution < 1.29 is 13.3 Å². The van der Waals surface area contributed by atoms with E-state index >= 15 is 0 Å². The third-order valence-corrected chi connectivity index (χ3v) is 2.98. The summed E-state index contributed by atoms with van der Waals surface area (Å²) in [6.45, 7) is 0. The largest absolute Gasteiger partial charge is 0.254 e. The van der Waals surface area contributed by atoms with Crippen LogP contribution >= 0.6 is 11.6 Å². The lowest BCUT2D eigenvalue weighted by Gasteiger charge is -1.95. The van der Waals surface area contributed by atoms with E-state index in [4.69, 9.17) is 16.4 Å². The van der Waals surface area contributed by atoms with Gasteiger partial charge in [-0.05, 0) is 16.6 Å². The normalized spacial score (nSPS) is 26.1. The Bertz CT molecular complexity index is 459. The molecule has 76 valence electrons. The van der Waals surface area contributed by atoms with Gasteiger partial charge in [0, 0.05) is 10.6 Å². The molecule has 1 aromatic carbocycles. The number of hydrogen-bond donors (Lipinski definition) is 0. The summed E-state index contributed by atoms with van der Waals surface area (Å²) in [7, 11) is -3.27. The zero-order valence-electron chi connectivity index (χ0n) is 7.34. The summed E-state index contributed by atoms with van der Waals surface area (Å²) in [5, 5.41) is 0.562. The average molecular weight is 234 g/mol. The molecule has 1 aliphatic heterocycles. The highest BCUT2D eigenvalue weighted by molar-refractivity contribution is 7.88. The van der Waals surface area contributed by atoms with Gasteiger partial charge < -0.3 is 0 Å². The number of sulfonamides is 1. The van der Waals surface area contributed by atoms with Crippen LogP contribution in [0.5, 0.6) is 0 Å². The first-order chi connectivity index (χ1) is 6.48. The van der Waals surface area contributed by atoms with Gasteiger partial charge in [-0.2, -0.15) is 0 Å². The van der Waals surface area contributed by atoms with E-state index < -0.39 is 16.3 Å². The Morgan fingerprint density at radius 2 is 2.21 bits per heavy atom. The smallest absolute Gasteiger partial charge is 0.236 e. The third kappa shape index (κ3) is 1.90. The summed E-state index contributed by atoms with van der Waals surface area (Å²) in [5.41, 5.74) is 0.739. The van der Waals surface area contributed by atoms with Gasteiger partial charge in [-0.15, -0.1) is 0 Å². The molecule has 0 aromatic heterocycles. The molecular weight excluding hydrogens is 226 g/mol. The Kier molecular flexibility index (Phi) is 2.27. The quantitative estimate of drug-likeness (QED) is 0.729. The predicted molar refractivity (Wildman–Crippen MR) is 52.0 cm³/mol. The van der Waals surface area contributed by atoms with Crippen LogP contribution in [0.25, 0.3) is 0 Å². The molecule has 4 nitrogen and oxygen atoms in total. The third-order valence-electron chi connectivity index (χ3n) is 1.81. The fourth-order valence-corrected chi connectivity index (χ4v) is 2.07. The monoisotopic (exact) mass is 233 g/mol. The van der Waals surface area contributed by atoms with Crippen LogP contribution in [0, 0.1) is 0 Å². The highest BCUT2D eigenvalue weighted by atomic mass is 35.5. The van der Waals surface area contributed by atoms with Crippen molar-refractivity contribution in [2.75, 3.05) is 6.26 Å². The molecule has 0 saturated carbocycles. The summed E-state index contributed by atoms with van der Waals surface area (Å²) in [5.74, 6) is 0. The summed E-state index contributed by atoms with van der Waals surface area (Å²) in [6, 6.07) is 6.91. The Balaban J connectivity index is 2.22. The zero-order chi connectivity index (χ0) is 10.3. The van der Waals surface area contributed by atoms with Crippen LogP contribution in [0.2, 0.25) is 5.02 Å². The second-order valence-corrected chi connectivity index (χ2v) is 5.29. The summed E-state index contributed by atoms with van der Waals surface area (Å²) in [4.78, 5) is 4.91. The number of nitrogens with zero attached hydrogens (tertiary/aromatic N) is 1. The molecule has 1 saturated heterocycles. The molecule has 0 aliphatic carbocycles. The van der Waals surface area contributed by atoms with Crippen molar-refractivity contribution in [3.8, 4) is 0 Å². The minimum atomic E-state index is -3.27. The second kappa shape index (κ2) is 3.20. The Labute approximate surface area is 87.0 Å². The molecule has 6 heteroatoms. The van der Waals surface area contributed by atoms with E-state index in [-0.39, 0.29) is 0 Å². The lowest BCUT2D eigenvalue weighted by Crippen LogP contribution is -2.08. The van der Waals surface area contributed by atoms with Crippen molar-refractivity contribution in [3.63, 3.8) is 0 Å². The molecule has 0 bridgehead atoms. The zero-order valence-corrected chi connectivity index (χ0v) is 8.92. The van der Waals surface area contributed by atoms with Crippen LogP contribution in [0.1, 0.15) is 11.8 Å². The van der Waals surface area contributed by atoms with Crippen LogP contribution in [0.3, 0.4) is 0 Å². The van der Waals surface area contributed by atoms with E-state index in [1.165, 1.54) is 0 Å². The molecule has 2 atom stereocenters. The first kappa shape index (κ1) is 9.92. The van der Waals surface area contributed by atoms with Gasteiger partial charge in [-0.1, -0.05) is 23.7 Å². The second-order valence-electron chi connectivity index (χ2n) is 3.03. The lowest BCUT2D eigenvalue weighted by molar-refractivity contribution is 0.284. The van der Waals surface area contributed by atoms with Crippen LogP contribution in [0.4, 0.5) is 0 Å². The van der Waals surface area contributed by atoms with Gasteiger partial charge in [-0.25, -0.2) is 8.42 Å². The van der Waals surface area contributed by atoms with E-state index in [1.54, 1.807) is 24.3 Å². The number of hydrogen-bond acceptors (Lipinski definition) is 3. The Morgan fingerprint density at radius 1 is 1.50 bits per heavy atom. The maximum Gasteiger partial charge on any atom is 0.236 e. The van der Waals surface area contributed by atoms with Crippen molar-refractivity contribution in [1.29, 1.82) is 0 Å². The van der Waals surface area contributed by atoms with Crippen molar-refractivity contribution in [1.82, 2.24) is 4.47 Å². The molecular formula is C8H8ClNO3S. The molecule has 1 heterocycles. The van der Waals surface area contributed by atoms with Crippen molar-refractivity contribution >= 4 is 21.6 Å². The number of rotatable bonds is 2. The molecule has 1 aromatic rings. The minimum Gasteiger partial charge on any atom is -0.254 e. The lowest BCUT2D eigenvalue weighted by atomic mass is 10.2. The van der Waals surface area contributed by atoms with E-state index in [9.17, 15) is 8.42 Å². The highest BCUT2D eigenvalue weighted by Gasteiger charge is 2.45. The van der Waals surface area contributed by atoms with Gasteiger partial charge in [0.2, 0.25) is 10.0 Å². The number of halogens is 1. The molecule has 2 rings (SSSR count). The first-order valence-corrected chi connectivity index (χ1v) is 6.13. The van der Waals surface area contributed by atoms with Crippen LogP contribution in [-0.2, 0) is 14.9 Å². The van der Waals surface area contributed by atoms with Crippen molar-refractivity contribution in [2.45, 2.75) is 6.23 Å². The molecule has 1 fully saturated rings. The average Bonchev–Trinajstić information content (AvgIpc) is 2.81. The maximum atomic E-state index is 11.0. The van der Waals surface area contributed by atoms with Gasteiger partial charge in [0.1, 0.15) is 0 Å². The van der Waals surface area contributed by atoms with Crippen molar-refractivity contribution in [3.05, 3.63) is 34.9 Å². The van der Waals surface area contributed by atoms with Gasteiger partial charge in [0.25, 0.3) is 0 Å². The summed E-state index contributed by atoms with van der Waals surface area (Å²) < 4.78 is 23.0. The SMILES string of the molecule is CS(=O)(=O)N1OC1c1cccc(Cl)c1. The molecule has 0 radical (unpaired) electrons. The molecule has 1 aliphatic rings. The van der Waals surface area contributed by atoms with Crippen molar-refractivity contribution in [2.24, 2.45) is 0 Å². The predicted octanol–water partition coefficient (Wildman–Crippen LogP) is 1.55. The van der Waals surface area contributed by atoms with E-state index in [0.717, 1.165) is 16.3 Å². The molecule has 14 heavy (non-hydrogen) atoms. The topological polar surface area (TPSA) is 49.7 Å². The van der Waals surface area contributed by atoms with Gasteiger partial charge in [-0.3, -0.25) is 4.84 Å². The standard InChI is InChI=1S/C8H8ClNO3S/c1-14(11,12)10-8(13-10)6-3-2-4-7(9)5-6/h2-5,8H,1H3. The number of benzene rings is 1. The fraction of sp³-hybridized carbons (Fsp3) is 0.250. The fourth-order valence-electron chi connectivity index (χ4n) is 1.17. The highest BCUT2D eigenvalue weighted by Crippen LogP contribution is 2.39. The van der Waals surface area contributed by atoms with E-state index in [1.807, 2.05) is 0 Å². The number of hydroxylamine groups is 1. The van der Waals surface area contributed by atoms with E-state index in [2.05, 4.69) is 0 Å². The summed E-state index contributed by atoms with van der Waals surface area (Å²) in [6.07, 6.45) is 0.584. The van der Waals surface area contributed by atoms with Gasteiger partial charge in [0.05, 0.1) is 6.26 Å². The van der Waals surface area contributed by atoms with Crippen LogP contribution in [0.15, 0.2) is 24.3 Å².